The topological polar surface area (TPSA) is 93.4 Å². The molecule has 0 bridgehead atoms. The normalized spacial score (nSPS) is 10.3. The van der Waals surface area contributed by atoms with Gasteiger partial charge in [-0.05, 0) is 25.1 Å². The number of anilines is 1. The maximum absolute atomic E-state index is 12.1. The minimum absolute atomic E-state index is 0.210. The van der Waals surface area contributed by atoms with E-state index >= 15 is 0 Å². The van der Waals surface area contributed by atoms with Gasteiger partial charge in [0.15, 0.2) is 6.61 Å². The Kier molecular flexibility index (Phi) is 4.67. The van der Waals surface area contributed by atoms with E-state index in [0.717, 1.165) is 5.69 Å². The maximum Gasteiger partial charge on any atom is 0.341 e. The van der Waals surface area contributed by atoms with E-state index in [2.05, 4.69) is 10.4 Å². The molecule has 0 aliphatic heterocycles. The van der Waals surface area contributed by atoms with Gasteiger partial charge in [0.2, 0.25) is 0 Å². The summed E-state index contributed by atoms with van der Waals surface area (Å²) in [6.45, 7) is 1.30. The van der Waals surface area contributed by atoms with E-state index in [1.54, 1.807) is 24.7 Å². The van der Waals surface area contributed by atoms with E-state index in [9.17, 15) is 9.59 Å². The maximum atomic E-state index is 12.1. The van der Waals surface area contributed by atoms with E-state index in [4.69, 9.17) is 21.4 Å². The second kappa shape index (κ2) is 6.48. The number of carbonyl (C=O) groups is 2. The van der Waals surface area contributed by atoms with Gasteiger partial charge in [-0.15, -0.1) is 0 Å². The zero-order chi connectivity index (χ0) is 16.3. The van der Waals surface area contributed by atoms with Crippen LogP contribution in [0, 0.1) is 6.92 Å². The zero-order valence-electron chi connectivity index (χ0n) is 12.0. The van der Waals surface area contributed by atoms with Gasteiger partial charge in [0.1, 0.15) is 5.75 Å². The number of aryl methyl sites for hydroxylation is 1. The fourth-order valence-corrected chi connectivity index (χ4v) is 1.99. The van der Waals surface area contributed by atoms with Crippen molar-refractivity contribution in [3.05, 3.63) is 40.7 Å². The molecule has 0 atom stereocenters. The third-order valence-corrected chi connectivity index (χ3v) is 3.32. The average Bonchev–Trinajstić information content (AvgIpc) is 2.78. The SMILES string of the molecule is Cc1c(C(=O)Nc2ccc(OCC(=O)O)c(Cl)c2)cnn1C. The molecule has 0 spiro atoms. The highest BCUT2D eigenvalue weighted by Crippen LogP contribution is 2.28. The number of hydrogen-bond donors (Lipinski definition) is 2. The van der Waals surface area contributed by atoms with E-state index in [1.165, 1.54) is 18.3 Å². The van der Waals surface area contributed by atoms with Crippen molar-refractivity contribution in [3.8, 4) is 5.75 Å². The van der Waals surface area contributed by atoms with Crippen LogP contribution in [0.1, 0.15) is 16.1 Å². The lowest BCUT2D eigenvalue weighted by molar-refractivity contribution is -0.139. The van der Waals surface area contributed by atoms with Crippen LogP contribution in [0.3, 0.4) is 0 Å². The largest absolute Gasteiger partial charge is 0.480 e. The first kappa shape index (κ1) is 15.8. The molecule has 1 aromatic carbocycles. The fourth-order valence-electron chi connectivity index (χ4n) is 1.76. The van der Waals surface area contributed by atoms with Gasteiger partial charge in [0.25, 0.3) is 5.91 Å². The van der Waals surface area contributed by atoms with Crippen molar-refractivity contribution >= 4 is 29.2 Å². The molecule has 0 unspecified atom stereocenters. The Bertz CT molecular complexity index is 727. The van der Waals surface area contributed by atoms with Crippen LogP contribution in [0.5, 0.6) is 5.75 Å². The van der Waals surface area contributed by atoms with Crippen molar-refractivity contribution in [1.29, 1.82) is 0 Å². The van der Waals surface area contributed by atoms with Crippen molar-refractivity contribution < 1.29 is 19.4 Å². The molecular weight excluding hydrogens is 310 g/mol. The molecule has 2 rings (SSSR count). The lowest BCUT2D eigenvalue weighted by Crippen LogP contribution is -2.13. The molecule has 0 aliphatic carbocycles. The van der Waals surface area contributed by atoms with Crippen LogP contribution in [0.2, 0.25) is 5.02 Å². The monoisotopic (exact) mass is 323 g/mol. The first-order valence-electron chi connectivity index (χ1n) is 6.32. The Hall–Kier alpha value is -2.54. The highest BCUT2D eigenvalue weighted by Gasteiger charge is 2.14. The summed E-state index contributed by atoms with van der Waals surface area (Å²) in [4.78, 5) is 22.6. The van der Waals surface area contributed by atoms with Crippen LogP contribution in [0.25, 0.3) is 0 Å². The second-order valence-electron chi connectivity index (χ2n) is 4.55. The number of rotatable bonds is 5. The fraction of sp³-hybridized carbons (Fsp3) is 0.214. The molecule has 0 saturated heterocycles. The number of nitrogens with one attached hydrogen (secondary N) is 1. The van der Waals surface area contributed by atoms with Crippen molar-refractivity contribution in [2.75, 3.05) is 11.9 Å². The minimum atomic E-state index is -1.10. The van der Waals surface area contributed by atoms with Crippen LogP contribution >= 0.6 is 11.6 Å². The molecule has 0 aliphatic rings. The smallest absolute Gasteiger partial charge is 0.341 e. The second-order valence-corrected chi connectivity index (χ2v) is 4.96. The summed E-state index contributed by atoms with van der Waals surface area (Å²) < 4.78 is 6.61. The van der Waals surface area contributed by atoms with E-state index in [0.29, 0.717) is 11.3 Å². The van der Waals surface area contributed by atoms with Gasteiger partial charge in [-0.25, -0.2) is 4.79 Å². The summed E-state index contributed by atoms with van der Waals surface area (Å²) in [7, 11) is 1.75. The number of carboxylic acid groups (broad SMARTS) is 1. The predicted octanol–water partition coefficient (Wildman–Crippen LogP) is 2.10. The zero-order valence-corrected chi connectivity index (χ0v) is 12.7. The van der Waals surface area contributed by atoms with Gasteiger partial charge >= 0.3 is 5.97 Å². The molecule has 1 amide bonds. The van der Waals surface area contributed by atoms with Crippen molar-refractivity contribution in [2.45, 2.75) is 6.92 Å². The number of aliphatic carboxylic acids is 1. The van der Waals surface area contributed by atoms with Crippen LogP contribution in [-0.4, -0.2) is 33.4 Å². The van der Waals surface area contributed by atoms with E-state index in [-0.39, 0.29) is 16.7 Å². The number of benzene rings is 1. The highest BCUT2D eigenvalue weighted by molar-refractivity contribution is 6.32. The standard InChI is InChI=1S/C14H14ClN3O4/c1-8-10(6-16-18(8)2)14(21)17-9-3-4-12(11(15)5-9)22-7-13(19)20/h3-6H,7H2,1-2H3,(H,17,21)(H,19,20). The quantitative estimate of drug-likeness (QED) is 0.878. The molecule has 116 valence electrons. The molecule has 22 heavy (non-hydrogen) atoms. The molecule has 0 saturated carbocycles. The lowest BCUT2D eigenvalue weighted by Gasteiger charge is -2.09. The number of amides is 1. The summed E-state index contributed by atoms with van der Waals surface area (Å²) in [6, 6.07) is 4.56. The molecule has 7 nitrogen and oxygen atoms in total. The lowest BCUT2D eigenvalue weighted by atomic mass is 10.2. The van der Waals surface area contributed by atoms with Crippen LogP contribution in [0.15, 0.2) is 24.4 Å². The first-order valence-corrected chi connectivity index (χ1v) is 6.70. The third-order valence-electron chi connectivity index (χ3n) is 3.02. The minimum Gasteiger partial charge on any atom is -0.480 e. The molecule has 2 N–H and O–H groups in total. The molecule has 2 aromatic rings. The Balaban J connectivity index is 2.10. The number of carboxylic acids is 1. The predicted molar refractivity (Wildman–Crippen MR) is 80.5 cm³/mol. The molecule has 1 heterocycles. The Morgan fingerprint density at radius 1 is 1.45 bits per heavy atom. The molecule has 0 radical (unpaired) electrons. The van der Waals surface area contributed by atoms with Crippen LogP contribution < -0.4 is 10.1 Å². The van der Waals surface area contributed by atoms with Crippen molar-refractivity contribution in [1.82, 2.24) is 9.78 Å². The van der Waals surface area contributed by atoms with E-state index in [1.807, 2.05) is 0 Å². The summed E-state index contributed by atoms with van der Waals surface area (Å²) in [5, 5.41) is 15.5. The van der Waals surface area contributed by atoms with Crippen molar-refractivity contribution in [2.24, 2.45) is 7.05 Å². The summed E-state index contributed by atoms with van der Waals surface area (Å²) in [5.74, 6) is -1.17. The first-order chi connectivity index (χ1) is 10.4. The Morgan fingerprint density at radius 2 is 2.18 bits per heavy atom. The van der Waals surface area contributed by atoms with Gasteiger partial charge in [-0.1, -0.05) is 11.6 Å². The number of carbonyl (C=O) groups excluding carboxylic acids is 1. The molecule has 1 aromatic heterocycles. The summed E-state index contributed by atoms with van der Waals surface area (Å²) in [6.07, 6.45) is 1.48. The Morgan fingerprint density at radius 3 is 2.73 bits per heavy atom. The number of ether oxygens (including phenoxy) is 1. The van der Waals surface area contributed by atoms with Crippen molar-refractivity contribution in [3.63, 3.8) is 0 Å². The number of hydrogen-bond acceptors (Lipinski definition) is 4. The third kappa shape index (κ3) is 3.56. The number of nitrogens with zero attached hydrogens (tertiary/aromatic N) is 2. The van der Waals surface area contributed by atoms with Gasteiger partial charge in [0.05, 0.1) is 16.8 Å². The average molecular weight is 324 g/mol. The van der Waals surface area contributed by atoms with Gasteiger partial charge < -0.3 is 15.2 Å². The van der Waals surface area contributed by atoms with Crippen LogP contribution in [0.4, 0.5) is 5.69 Å². The van der Waals surface area contributed by atoms with Gasteiger partial charge in [-0.2, -0.15) is 5.10 Å². The molecule has 8 heteroatoms. The number of halogens is 1. The van der Waals surface area contributed by atoms with Gasteiger partial charge in [0, 0.05) is 18.4 Å². The van der Waals surface area contributed by atoms with Crippen LogP contribution in [-0.2, 0) is 11.8 Å². The highest BCUT2D eigenvalue weighted by atomic mass is 35.5. The van der Waals surface area contributed by atoms with E-state index < -0.39 is 12.6 Å². The number of aromatic nitrogens is 2. The molecular formula is C14H14ClN3O4. The molecule has 0 fully saturated rings. The van der Waals surface area contributed by atoms with Gasteiger partial charge in [-0.3, -0.25) is 9.48 Å². The Labute approximate surface area is 131 Å². The summed E-state index contributed by atoms with van der Waals surface area (Å²) >= 11 is 5.99. The summed E-state index contributed by atoms with van der Waals surface area (Å²) in [5.41, 5.74) is 1.68.